The van der Waals surface area contributed by atoms with Gasteiger partial charge in [-0.3, -0.25) is 15.0 Å². The summed E-state index contributed by atoms with van der Waals surface area (Å²) in [5.41, 5.74) is 0.738. The van der Waals surface area contributed by atoms with E-state index in [1.807, 2.05) is 4.90 Å². The third-order valence-electron chi connectivity index (χ3n) is 2.89. The molecule has 0 aromatic carbocycles. The van der Waals surface area contributed by atoms with Gasteiger partial charge in [-0.05, 0) is 25.8 Å². The Morgan fingerprint density at radius 2 is 2.59 bits per heavy atom. The molecule has 0 saturated carbocycles. The van der Waals surface area contributed by atoms with E-state index in [0.29, 0.717) is 18.3 Å². The van der Waals surface area contributed by atoms with Crippen molar-refractivity contribution in [3.05, 3.63) is 11.8 Å². The molecule has 1 atom stereocenters. The van der Waals surface area contributed by atoms with E-state index < -0.39 is 0 Å². The van der Waals surface area contributed by atoms with Gasteiger partial charge in [0.2, 0.25) is 11.8 Å². The molecule has 1 aromatic heterocycles. The molecule has 1 aliphatic heterocycles. The van der Waals surface area contributed by atoms with Crippen molar-refractivity contribution < 1.29 is 14.4 Å². The van der Waals surface area contributed by atoms with Crippen LogP contribution in [0.4, 0.5) is 5.88 Å². The molecule has 6 heteroatoms. The summed E-state index contributed by atoms with van der Waals surface area (Å²) < 4.78 is 4.90. The minimum absolute atomic E-state index is 0.111. The number of aliphatic hydroxyl groups excluding tert-OH is 1. The van der Waals surface area contributed by atoms with E-state index in [4.69, 9.17) is 9.63 Å². The summed E-state index contributed by atoms with van der Waals surface area (Å²) in [4.78, 5) is 13.7. The van der Waals surface area contributed by atoms with Crippen molar-refractivity contribution in [1.82, 2.24) is 10.1 Å². The van der Waals surface area contributed by atoms with Gasteiger partial charge >= 0.3 is 0 Å². The molecule has 0 spiro atoms. The number of aliphatic hydroxyl groups is 1. The maximum atomic E-state index is 11.7. The lowest BCUT2D eigenvalue weighted by molar-refractivity contribution is -0.117. The van der Waals surface area contributed by atoms with Gasteiger partial charge in [0, 0.05) is 19.2 Å². The summed E-state index contributed by atoms with van der Waals surface area (Å²) in [5, 5.41) is 15.3. The normalized spacial score (nSPS) is 20.7. The molecule has 1 fully saturated rings. The van der Waals surface area contributed by atoms with E-state index in [2.05, 4.69) is 10.5 Å². The highest BCUT2D eigenvalue weighted by Gasteiger charge is 2.23. The molecule has 0 radical (unpaired) electrons. The Labute approximate surface area is 99.6 Å². The molecule has 94 valence electrons. The number of carbonyl (C=O) groups is 1. The fourth-order valence-electron chi connectivity index (χ4n) is 2.01. The van der Waals surface area contributed by atoms with Crippen molar-refractivity contribution in [2.45, 2.75) is 13.3 Å². The fraction of sp³-hybridized carbons (Fsp3) is 0.636. The van der Waals surface area contributed by atoms with Crippen LogP contribution >= 0.6 is 0 Å². The number of hydrogen-bond donors (Lipinski definition) is 2. The van der Waals surface area contributed by atoms with Crippen molar-refractivity contribution in [1.29, 1.82) is 0 Å². The lowest BCUT2D eigenvalue weighted by Crippen LogP contribution is -2.31. The van der Waals surface area contributed by atoms with Crippen LogP contribution in [0.1, 0.15) is 12.1 Å². The molecule has 2 heterocycles. The van der Waals surface area contributed by atoms with Crippen LogP contribution in [0.3, 0.4) is 0 Å². The topological polar surface area (TPSA) is 78.6 Å². The number of nitrogens with one attached hydrogen (secondary N) is 1. The minimum Gasteiger partial charge on any atom is -0.396 e. The van der Waals surface area contributed by atoms with E-state index in [1.165, 1.54) is 0 Å². The first-order valence-corrected chi connectivity index (χ1v) is 5.73. The van der Waals surface area contributed by atoms with Gasteiger partial charge in [-0.25, -0.2) is 0 Å². The molecule has 1 saturated heterocycles. The van der Waals surface area contributed by atoms with Crippen molar-refractivity contribution in [3.63, 3.8) is 0 Å². The highest BCUT2D eigenvalue weighted by Crippen LogP contribution is 2.15. The summed E-state index contributed by atoms with van der Waals surface area (Å²) in [5.74, 6) is 0.570. The van der Waals surface area contributed by atoms with Crippen molar-refractivity contribution >= 4 is 11.8 Å². The zero-order chi connectivity index (χ0) is 12.3. The van der Waals surface area contributed by atoms with Crippen LogP contribution in [0, 0.1) is 12.8 Å². The fourth-order valence-corrected chi connectivity index (χ4v) is 2.01. The number of aryl methyl sites for hydroxylation is 1. The summed E-state index contributed by atoms with van der Waals surface area (Å²) in [6, 6.07) is 1.68. The second-order valence-corrected chi connectivity index (χ2v) is 4.45. The summed E-state index contributed by atoms with van der Waals surface area (Å²) in [6.45, 7) is 3.95. The van der Waals surface area contributed by atoms with Crippen LogP contribution in [0.25, 0.3) is 0 Å². The van der Waals surface area contributed by atoms with Crippen molar-refractivity contribution in [3.8, 4) is 0 Å². The van der Waals surface area contributed by atoms with Crippen LogP contribution in [-0.2, 0) is 4.79 Å². The molecule has 2 rings (SSSR count). The Morgan fingerprint density at radius 1 is 1.76 bits per heavy atom. The zero-order valence-corrected chi connectivity index (χ0v) is 9.85. The molecule has 0 bridgehead atoms. The Bertz CT molecular complexity index is 391. The quantitative estimate of drug-likeness (QED) is 0.786. The Morgan fingerprint density at radius 3 is 3.18 bits per heavy atom. The molecule has 1 unspecified atom stereocenters. The van der Waals surface area contributed by atoms with Gasteiger partial charge < -0.3 is 9.63 Å². The van der Waals surface area contributed by atoms with Gasteiger partial charge in [0.1, 0.15) is 0 Å². The van der Waals surface area contributed by atoms with Crippen LogP contribution in [0.15, 0.2) is 10.6 Å². The summed E-state index contributed by atoms with van der Waals surface area (Å²) in [6.07, 6.45) is 0.950. The molecule has 1 aliphatic rings. The van der Waals surface area contributed by atoms with E-state index in [1.54, 1.807) is 13.0 Å². The van der Waals surface area contributed by atoms with Crippen molar-refractivity contribution in [2.24, 2.45) is 5.92 Å². The van der Waals surface area contributed by atoms with Gasteiger partial charge in [-0.1, -0.05) is 5.16 Å². The minimum atomic E-state index is -0.111. The second kappa shape index (κ2) is 5.29. The lowest BCUT2D eigenvalue weighted by Gasteiger charge is -2.13. The van der Waals surface area contributed by atoms with Crippen LogP contribution < -0.4 is 5.32 Å². The molecule has 2 N–H and O–H groups in total. The molecule has 1 aromatic rings. The van der Waals surface area contributed by atoms with Crippen LogP contribution in [0.2, 0.25) is 0 Å². The first-order chi connectivity index (χ1) is 8.17. The monoisotopic (exact) mass is 239 g/mol. The highest BCUT2D eigenvalue weighted by atomic mass is 16.5. The average Bonchev–Trinajstić information content (AvgIpc) is 2.88. The maximum absolute atomic E-state index is 11.7. The number of amides is 1. The number of hydrogen-bond acceptors (Lipinski definition) is 5. The number of anilines is 1. The molecule has 6 nitrogen and oxygen atoms in total. The number of aromatic nitrogens is 1. The largest absolute Gasteiger partial charge is 0.396 e. The summed E-state index contributed by atoms with van der Waals surface area (Å²) >= 11 is 0. The summed E-state index contributed by atoms with van der Waals surface area (Å²) in [7, 11) is 0. The van der Waals surface area contributed by atoms with E-state index in [0.717, 1.165) is 25.2 Å². The van der Waals surface area contributed by atoms with Gasteiger partial charge in [0.25, 0.3) is 0 Å². The van der Waals surface area contributed by atoms with Crippen LogP contribution in [-0.4, -0.2) is 47.3 Å². The predicted molar refractivity (Wildman–Crippen MR) is 61.5 cm³/mol. The Kier molecular flexibility index (Phi) is 3.75. The van der Waals surface area contributed by atoms with E-state index in [-0.39, 0.29) is 12.5 Å². The smallest absolute Gasteiger partial charge is 0.240 e. The standard InChI is InChI=1S/C11H17N3O3/c1-8-4-11(17-13-8)12-10(16)6-14-3-2-9(5-14)7-15/h4,9,15H,2-3,5-7H2,1H3,(H,12,16). The van der Waals surface area contributed by atoms with Gasteiger partial charge in [0.15, 0.2) is 0 Å². The number of carbonyl (C=O) groups excluding carboxylic acids is 1. The first-order valence-electron chi connectivity index (χ1n) is 5.73. The van der Waals surface area contributed by atoms with Crippen LogP contribution in [0.5, 0.6) is 0 Å². The van der Waals surface area contributed by atoms with E-state index in [9.17, 15) is 4.79 Å². The number of likely N-dealkylation sites (tertiary alicyclic amines) is 1. The van der Waals surface area contributed by atoms with Gasteiger partial charge in [-0.15, -0.1) is 0 Å². The average molecular weight is 239 g/mol. The second-order valence-electron chi connectivity index (χ2n) is 4.45. The number of nitrogens with zero attached hydrogens (tertiary/aromatic N) is 2. The first kappa shape index (κ1) is 12.1. The van der Waals surface area contributed by atoms with Crippen molar-refractivity contribution in [2.75, 3.05) is 31.6 Å². The molecular weight excluding hydrogens is 222 g/mol. The molecule has 1 amide bonds. The Hall–Kier alpha value is -1.40. The zero-order valence-electron chi connectivity index (χ0n) is 9.85. The lowest BCUT2D eigenvalue weighted by atomic mass is 10.1. The Balaban J connectivity index is 1.78. The third-order valence-corrected chi connectivity index (χ3v) is 2.89. The predicted octanol–water partition coefficient (Wildman–Crippen LogP) is 0.236. The van der Waals surface area contributed by atoms with Gasteiger partial charge in [-0.2, -0.15) is 0 Å². The highest BCUT2D eigenvalue weighted by molar-refractivity contribution is 5.90. The maximum Gasteiger partial charge on any atom is 0.240 e. The molecule has 17 heavy (non-hydrogen) atoms. The third kappa shape index (κ3) is 3.28. The molecule has 0 aliphatic carbocycles. The number of rotatable bonds is 4. The SMILES string of the molecule is Cc1cc(NC(=O)CN2CCC(CO)C2)on1. The molecular formula is C11H17N3O3. The van der Waals surface area contributed by atoms with Gasteiger partial charge in [0.05, 0.1) is 12.2 Å². The van der Waals surface area contributed by atoms with E-state index >= 15 is 0 Å².